The second-order valence-electron chi connectivity index (χ2n) is 5.72. The molecular formula is C16H24N2O. The van der Waals surface area contributed by atoms with Gasteiger partial charge in [-0.2, -0.15) is 0 Å². The molecule has 3 heteroatoms. The maximum absolute atomic E-state index is 12.3. The summed E-state index contributed by atoms with van der Waals surface area (Å²) in [6.07, 6.45) is 3.44. The maximum atomic E-state index is 12.3. The van der Waals surface area contributed by atoms with Crippen molar-refractivity contribution in [2.75, 3.05) is 18.4 Å². The summed E-state index contributed by atoms with van der Waals surface area (Å²) in [6, 6.07) is 10.4. The molecule has 0 spiro atoms. The minimum Gasteiger partial charge on any atom is -0.376 e. The average molecular weight is 260 g/mol. The summed E-state index contributed by atoms with van der Waals surface area (Å²) in [5, 5.41) is 3.20. The smallest absolute Gasteiger partial charge is 0.242 e. The summed E-state index contributed by atoms with van der Waals surface area (Å²) in [6.45, 7) is 5.71. The first-order chi connectivity index (χ1) is 9.16. The van der Waals surface area contributed by atoms with Gasteiger partial charge in [0.05, 0.1) is 6.54 Å². The number of benzene rings is 1. The van der Waals surface area contributed by atoms with Gasteiger partial charge < -0.3 is 10.2 Å². The van der Waals surface area contributed by atoms with Gasteiger partial charge in [0.15, 0.2) is 0 Å². The normalized spacial score (nSPS) is 14.5. The molecule has 1 aliphatic rings. The molecule has 0 saturated heterocycles. The van der Waals surface area contributed by atoms with Crippen LogP contribution in [-0.4, -0.2) is 29.9 Å². The van der Waals surface area contributed by atoms with Crippen LogP contribution in [0.2, 0.25) is 0 Å². The van der Waals surface area contributed by atoms with Crippen molar-refractivity contribution in [3.05, 3.63) is 30.3 Å². The van der Waals surface area contributed by atoms with Crippen LogP contribution in [0.3, 0.4) is 0 Å². The van der Waals surface area contributed by atoms with Crippen molar-refractivity contribution >= 4 is 11.6 Å². The molecule has 0 unspecified atom stereocenters. The Morgan fingerprint density at radius 3 is 2.58 bits per heavy atom. The molecule has 0 aliphatic heterocycles. The third kappa shape index (κ3) is 4.58. The third-order valence-corrected chi connectivity index (χ3v) is 3.47. The lowest BCUT2D eigenvalue weighted by molar-refractivity contribution is -0.130. The Balaban J connectivity index is 1.82. The van der Waals surface area contributed by atoms with Crippen molar-refractivity contribution in [2.24, 2.45) is 5.92 Å². The van der Waals surface area contributed by atoms with E-state index in [0.29, 0.717) is 18.5 Å². The van der Waals surface area contributed by atoms with Crippen LogP contribution in [-0.2, 0) is 4.79 Å². The van der Waals surface area contributed by atoms with Gasteiger partial charge in [0.25, 0.3) is 0 Å². The molecule has 0 heterocycles. The van der Waals surface area contributed by atoms with Crippen molar-refractivity contribution in [2.45, 2.75) is 39.2 Å². The fourth-order valence-corrected chi connectivity index (χ4v) is 2.13. The maximum Gasteiger partial charge on any atom is 0.242 e. The molecule has 0 radical (unpaired) electrons. The Bertz CT molecular complexity index is 398. The zero-order chi connectivity index (χ0) is 13.7. The zero-order valence-electron chi connectivity index (χ0n) is 11.9. The lowest BCUT2D eigenvalue weighted by Crippen LogP contribution is -2.38. The van der Waals surface area contributed by atoms with Crippen molar-refractivity contribution in [1.82, 2.24) is 4.90 Å². The summed E-state index contributed by atoms with van der Waals surface area (Å²) in [4.78, 5) is 14.3. The molecule has 1 saturated carbocycles. The summed E-state index contributed by atoms with van der Waals surface area (Å²) >= 11 is 0. The van der Waals surface area contributed by atoms with E-state index < -0.39 is 0 Å². The van der Waals surface area contributed by atoms with Crippen LogP contribution in [0.25, 0.3) is 0 Å². The predicted octanol–water partition coefficient (Wildman–Crippen LogP) is 3.14. The van der Waals surface area contributed by atoms with E-state index in [0.717, 1.165) is 18.7 Å². The highest BCUT2D eigenvalue weighted by atomic mass is 16.2. The van der Waals surface area contributed by atoms with Crippen LogP contribution in [0.15, 0.2) is 30.3 Å². The summed E-state index contributed by atoms with van der Waals surface area (Å²) in [5.41, 5.74) is 1.01. The van der Waals surface area contributed by atoms with Gasteiger partial charge in [-0.15, -0.1) is 0 Å². The van der Waals surface area contributed by atoms with Gasteiger partial charge in [0.2, 0.25) is 5.91 Å². The minimum atomic E-state index is 0.229. The predicted molar refractivity (Wildman–Crippen MR) is 79.1 cm³/mol. The Kier molecular flexibility index (Phi) is 4.83. The molecule has 1 aromatic rings. The summed E-state index contributed by atoms with van der Waals surface area (Å²) in [7, 11) is 0. The van der Waals surface area contributed by atoms with Crippen LogP contribution in [0, 0.1) is 5.92 Å². The lowest BCUT2D eigenvalue weighted by atomic mass is 10.1. The van der Waals surface area contributed by atoms with Gasteiger partial charge in [-0.25, -0.2) is 0 Å². The highest BCUT2D eigenvalue weighted by molar-refractivity contribution is 5.81. The Labute approximate surface area is 116 Å². The van der Waals surface area contributed by atoms with Gasteiger partial charge in [-0.1, -0.05) is 32.0 Å². The van der Waals surface area contributed by atoms with Gasteiger partial charge in [0.1, 0.15) is 0 Å². The number of anilines is 1. The largest absolute Gasteiger partial charge is 0.376 e. The standard InChI is InChI=1S/C16H24N2O/c1-13(2)10-11-18(15-8-9-15)16(19)12-17-14-6-4-3-5-7-14/h3-7,13,15,17H,8-12H2,1-2H3. The molecule has 0 bridgehead atoms. The number of hydrogen-bond donors (Lipinski definition) is 1. The van der Waals surface area contributed by atoms with Crippen molar-refractivity contribution in [1.29, 1.82) is 0 Å². The molecule has 104 valence electrons. The van der Waals surface area contributed by atoms with E-state index in [1.807, 2.05) is 30.3 Å². The van der Waals surface area contributed by atoms with E-state index in [-0.39, 0.29) is 5.91 Å². The minimum absolute atomic E-state index is 0.229. The number of amides is 1. The monoisotopic (exact) mass is 260 g/mol. The zero-order valence-corrected chi connectivity index (χ0v) is 11.9. The molecule has 0 atom stereocenters. The molecule has 1 fully saturated rings. The third-order valence-electron chi connectivity index (χ3n) is 3.47. The molecule has 1 aromatic carbocycles. The molecule has 0 aromatic heterocycles. The number of para-hydroxylation sites is 1. The molecule has 1 aliphatic carbocycles. The fourth-order valence-electron chi connectivity index (χ4n) is 2.13. The van der Waals surface area contributed by atoms with Crippen molar-refractivity contribution < 1.29 is 4.79 Å². The topological polar surface area (TPSA) is 32.3 Å². The highest BCUT2D eigenvalue weighted by Crippen LogP contribution is 2.27. The number of nitrogens with zero attached hydrogens (tertiary/aromatic N) is 1. The fraction of sp³-hybridized carbons (Fsp3) is 0.562. The highest BCUT2D eigenvalue weighted by Gasteiger charge is 2.31. The van der Waals surface area contributed by atoms with Crippen LogP contribution in [0.1, 0.15) is 33.1 Å². The quantitative estimate of drug-likeness (QED) is 0.817. The molecule has 2 rings (SSSR count). The molecule has 19 heavy (non-hydrogen) atoms. The van der Waals surface area contributed by atoms with Gasteiger partial charge in [-0.3, -0.25) is 4.79 Å². The summed E-state index contributed by atoms with van der Waals surface area (Å²) in [5.74, 6) is 0.878. The summed E-state index contributed by atoms with van der Waals surface area (Å²) < 4.78 is 0. The van der Waals surface area contributed by atoms with E-state index in [4.69, 9.17) is 0 Å². The van der Waals surface area contributed by atoms with Crippen LogP contribution >= 0.6 is 0 Å². The molecule has 1 amide bonds. The first-order valence-electron chi connectivity index (χ1n) is 7.25. The van der Waals surface area contributed by atoms with E-state index in [9.17, 15) is 4.79 Å². The Morgan fingerprint density at radius 2 is 2.00 bits per heavy atom. The van der Waals surface area contributed by atoms with Crippen molar-refractivity contribution in [3.63, 3.8) is 0 Å². The number of carbonyl (C=O) groups excluding carboxylic acids is 1. The average Bonchev–Trinajstić information content (AvgIpc) is 3.22. The van der Waals surface area contributed by atoms with E-state index >= 15 is 0 Å². The van der Waals surface area contributed by atoms with E-state index in [2.05, 4.69) is 24.1 Å². The lowest BCUT2D eigenvalue weighted by Gasteiger charge is -2.23. The number of carbonyl (C=O) groups is 1. The second-order valence-corrected chi connectivity index (χ2v) is 5.72. The van der Waals surface area contributed by atoms with Crippen LogP contribution in [0.4, 0.5) is 5.69 Å². The van der Waals surface area contributed by atoms with E-state index in [1.165, 1.54) is 12.8 Å². The SMILES string of the molecule is CC(C)CCN(C(=O)CNc1ccccc1)C1CC1. The molecular weight excluding hydrogens is 236 g/mol. The Hall–Kier alpha value is -1.51. The molecule has 1 N–H and O–H groups in total. The molecule has 3 nitrogen and oxygen atoms in total. The first kappa shape index (κ1) is 13.9. The van der Waals surface area contributed by atoms with E-state index in [1.54, 1.807) is 0 Å². The van der Waals surface area contributed by atoms with Gasteiger partial charge >= 0.3 is 0 Å². The van der Waals surface area contributed by atoms with Gasteiger partial charge in [0, 0.05) is 18.3 Å². The first-order valence-corrected chi connectivity index (χ1v) is 7.25. The van der Waals surface area contributed by atoms with Crippen LogP contribution < -0.4 is 5.32 Å². The number of nitrogens with one attached hydrogen (secondary N) is 1. The van der Waals surface area contributed by atoms with Crippen LogP contribution in [0.5, 0.6) is 0 Å². The Morgan fingerprint density at radius 1 is 1.32 bits per heavy atom. The number of hydrogen-bond acceptors (Lipinski definition) is 2. The second kappa shape index (κ2) is 6.60. The van der Waals surface area contributed by atoms with Gasteiger partial charge in [-0.05, 0) is 37.3 Å². The van der Waals surface area contributed by atoms with Crippen molar-refractivity contribution in [3.8, 4) is 0 Å². The number of rotatable bonds is 7.